The maximum atomic E-state index is 14.9. The molecule has 33 heavy (non-hydrogen) atoms. The molecular weight excluding hydrogens is 455 g/mol. The molecule has 3 aromatic carbocycles. The highest BCUT2D eigenvalue weighted by Gasteiger charge is 2.23. The van der Waals surface area contributed by atoms with Crippen molar-refractivity contribution in [3.63, 3.8) is 0 Å². The van der Waals surface area contributed by atoms with E-state index in [9.17, 15) is 31.5 Å². The largest absolute Gasteiger partial charge is 0.480 e. The van der Waals surface area contributed by atoms with Gasteiger partial charge in [0.1, 0.15) is 28.9 Å². The number of rotatable bonds is 6. The Morgan fingerprint density at radius 3 is 2.24 bits per heavy atom. The highest BCUT2D eigenvalue weighted by Crippen LogP contribution is 2.30. The van der Waals surface area contributed by atoms with Gasteiger partial charge in [-0.2, -0.15) is 0 Å². The lowest BCUT2D eigenvalue weighted by Crippen LogP contribution is -2.10. The standard InChI is InChI=1S/C24H18F3NO4S/c1-14-19(20-12-17(26)5-8-22(20)28(14)13-24(29)30)10-15-2-9-23(21(27)11-15)33(31,32)18-6-3-16(25)4-7-18/h2-9,11-12H,10,13H2,1H3,(H,29,30). The second-order valence-electron chi connectivity index (χ2n) is 7.60. The monoisotopic (exact) mass is 473 g/mol. The zero-order chi connectivity index (χ0) is 23.9. The van der Waals surface area contributed by atoms with E-state index in [4.69, 9.17) is 0 Å². The van der Waals surface area contributed by atoms with Gasteiger partial charge in [-0.1, -0.05) is 6.07 Å². The molecule has 0 aliphatic heterocycles. The SMILES string of the molecule is Cc1c(Cc2ccc(S(=O)(=O)c3ccc(F)cc3)c(F)c2)c2cc(F)ccc2n1CC(=O)O. The first kappa shape index (κ1) is 22.6. The molecule has 5 nitrogen and oxygen atoms in total. The Hall–Kier alpha value is -3.59. The maximum Gasteiger partial charge on any atom is 0.323 e. The minimum atomic E-state index is -4.19. The average molecular weight is 473 g/mol. The van der Waals surface area contributed by atoms with Crippen LogP contribution in [0.5, 0.6) is 0 Å². The van der Waals surface area contributed by atoms with Crippen molar-refractivity contribution in [2.24, 2.45) is 0 Å². The summed E-state index contributed by atoms with van der Waals surface area (Å²) >= 11 is 0. The fourth-order valence-corrected chi connectivity index (χ4v) is 5.21. The van der Waals surface area contributed by atoms with Crippen LogP contribution in [0, 0.1) is 24.4 Å². The maximum absolute atomic E-state index is 14.9. The Morgan fingerprint density at radius 2 is 1.61 bits per heavy atom. The van der Waals surface area contributed by atoms with Crippen molar-refractivity contribution in [3.8, 4) is 0 Å². The third kappa shape index (κ3) is 4.23. The van der Waals surface area contributed by atoms with Crippen LogP contribution >= 0.6 is 0 Å². The van der Waals surface area contributed by atoms with Crippen LogP contribution in [-0.4, -0.2) is 24.1 Å². The number of carbonyl (C=O) groups is 1. The number of sulfone groups is 1. The molecule has 0 bridgehead atoms. The molecule has 4 aromatic rings. The average Bonchev–Trinajstić information content (AvgIpc) is 2.98. The number of aromatic nitrogens is 1. The zero-order valence-electron chi connectivity index (χ0n) is 17.3. The summed E-state index contributed by atoms with van der Waals surface area (Å²) in [7, 11) is -4.19. The van der Waals surface area contributed by atoms with Crippen LogP contribution in [0.2, 0.25) is 0 Å². The van der Waals surface area contributed by atoms with Crippen molar-refractivity contribution in [2.45, 2.75) is 29.7 Å². The molecule has 0 saturated carbocycles. The summed E-state index contributed by atoms with van der Waals surface area (Å²) in [6.07, 6.45) is 0.131. The van der Waals surface area contributed by atoms with Gasteiger partial charge in [-0.3, -0.25) is 4.79 Å². The van der Waals surface area contributed by atoms with E-state index >= 15 is 0 Å². The molecule has 1 heterocycles. The summed E-state index contributed by atoms with van der Waals surface area (Å²) in [6.45, 7) is 1.37. The van der Waals surface area contributed by atoms with Gasteiger partial charge in [-0.15, -0.1) is 0 Å². The van der Waals surface area contributed by atoms with E-state index in [1.54, 1.807) is 6.92 Å². The van der Waals surface area contributed by atoms with E-state index in [-0.39, 0.29) is 17.9 Å². The number of nitrogens with zero attached hydrogens (tertiary/aromatic N) is 1. The number of fused-ring (bicyclic) bond motifs is 1. The molecule has 0 aliphatic carbocycles. The van der Waals surface area contributed by atoms with Gasteiger partial charge in [0, 0.05) is 16.6 Å². The number of hydrogen-bond acceptors (Lipinski definition) is 3. The molecule has 0 fully saturated rings. The quantitative estimate of drug-likeness (QED) is 0.405. The summed E-state index contributed by atoms with van der Waals surface area (Å²) < 4.78 is 68.9. The molecule has 0 unspecified atom stereocenters. The third-order valence-electron chi connectivity index (χ3n) is 5.50. The molecule has 0 aliphatic rings. The van der Waals surface area contributed by atoms with E-state index in [2.05, 4.69) is 0 Å². The fourth-order valence-electron chi connectivity index (χ4n) is 3.90. The van der Waals surface area contributed by atoms with Crippen LogP contribution in [0.3, 0.4) is 0 Å². The van der Waals surface area contributed by atoms with Crippen LogP contribution in [0.15, 0.2) is 70.5 Å². The van der Waals surface area contributed by atoms with Crippen molar-refractivity contribution in [1.82, 2.24) is 4.57 Å². The molecule has 0 atom stereocenters. The first-order valence-electron chi connectivity index (χ1n) is 9.86. The van der Waals surface area contributed by atoms with Gasteiger partial charge >= 0.3 is 5.97 Å². The Balaban J connectivity index is 1.75. The van der Waals surface area contributed by atoms with E-state index < -0.39 is 38.2 Å². The van der Waals surface area contributed by atoms with Crippen LogP contribution < -0.4 is 0 Å². The number of carboxylic acids is 1. The Bertz CT molecular complexity index is 1490. The lowest BCUT2D eigenvalue weighted by molar-refractivity contribution is -0.137. The van der Waals surface area contributed by atoms with Crippen molar-refractivity contribution >= 4 is 26.7 Å². The predicted octanol–water partition coefficient (Wildman–Crippen LogP) is 4.88. The van der Waals surface area contributed by atoms with Gasteiger partial charge in [-0.25, -0.2) is 21.6 Å². The van der Waals surface area contributed by atoms with E-state index in [0.29, 0.717) is 27.7 Å². The molecule has 0 radical (unpaired) electrons. The molecule has 1 N–H and O–H groups in total. The van der Waals surface area contributed by atoms with E-state index in [1.165, 1.54) is 28.8 Å². The number of hydrogen-bond donors (Lipinski definition) is 1. The fraction of sp³-hybridized carbons (Fsp3) is 0.125. The normalized spacial score (nSPS) is 11.8. The number of carboxylic acid groups (broad SMARTS) is 1. The minimum Gasteiger partial charge on any atom is -0.480 e. The minimum absolute atomic E-state index is 0.131. The van der Waals surface area contributed by atoms with Crippen LogP contribution in [0.25, 0.3) is 10.9 Å². The summed E-state index contributed by atoms with van der Waals surface area (Å²) in [5.74, 6) is -3.15. The number of halogens is 3. The van der Waals surface area contributed by atoms with Gasteiger partial charge in [0.2, 0.25) is 9.84 Å². The summed E-state index contributed by atoms with van der Waals surface area (Å²) in [4.78, 5) is 10.5. The Kier molecular flexibility index (Phi) is 5.75. The topological polar surface area (TPSA) is 76.4 Å². The molecule has 4 rings (SSSR count). The van der Waals surface area contributed by atoms with Crippen molar-refractivity contribution in [2.75, 3.05) is 0 Å². The van der Waals surface area contributed by atoms with Gasteiger partial charge in [0.15, 0.2) is 0 Å². The molecule has 1 aromatic heterocycles. The van der Waals surface area contributed by atoms with Crippen molar-refractivity contribution in [3.05, 3.63) is 94.9 Å². The van der Waals surface area contributed by atoms with E-state index in [1.807, 2.05) is 0 Å². The number of benzene rings is 3. The first-order chi connectivity index (χ1) is 15.6. The molecule has 0 spiro atoms. The highest BCUT2D eigenvalue weighted by atomic mass is 32.2. The zero-order valence-corrected chi connectivity index (χ0v) is 18.2. The Labute approximate surface area is 187 Å². The summed E-state index contributed by atoms with van der Waals surface area (Å²) in [5.41, 5.74) is 2.15. The van der Waals surface area contributed by atoms with Gasteiger partial charge in [-0.05, 0) is 79.1 Å². The lowest BCUT2D eigenvalue weighted by atomic mass is 10.0. The van der Waals surface area contributed by atoms with Crippen LogP contribution in [0.4, 0.5) is 13.2 Å². The summed E-state index contributed by atoms with van der Waals surface area (Å²) in [6, 6.07) is 11.8. The highest BCUT2D eigenvalue weighted by molar-refractivity contribution is 7.91. The van der Waals surface area contributed by atoms with Gasteiger partial charge < -0.3 is 9.67 Å². The number of aliphatic carboxylic acids is 1. The van der Waals surface area contributed by atoms with E-state index in [0.717, 1.165) is 36.4 Å². The second-order valence-corrected chi connectivity index (χ2v) is 9.52. The molecular formula is C24H18F3NO4S. The molecule has 0 saturated heterocycles. The van der Waals surface area contributed by atoms with Crippen LogP contribution in [0.1, 0.15) is 16.8 Å². The van der Waals surface area contributed by atoms with Gasteiger partial charge in [0.05, 0.1) is 4.90 Å². The molecule has 0 amide bonds. The molecule has 9 heteroatoms. The van der Waals surface area contributed by atoms with Crippen molar-refractivity contribution < 1.29 is 31.5 Å². The van der Waals surface area contributed by atoms with Crippen LogP contribution in [-0.2, 0) is 27.6 Å². The molecule has 170 valence electrons. The Morgan fingerprint density at radius 1 is 0.939 bits per heavy atom. The smallest absolute Gasteiger partial charge is 0.323 e. The first-order valence-corrected chi connectivity index (χ1v) is 11.3. The van der Waals surface area contributed by atoms with Gasteiger partial charge in [0.25, 0.3) is 0 Å². The second kappa shape index (κ2) is 8.40. The predicted molar refractivity (Wildman–Crippen MR) is 115 cm³/mol. The summed E-state index contributed by atoms with van der Waals surface area (Å²) in [5, 5.41) is 9.73. The third-order valence-corrected chi connectivity index (χ3v) is 7.30. The lowest BCUT2D eigenvalue weighted by Gasteiger charge is -2.09. The van der Waals surface area contributed by atoms with Crippen molar-refractivity contribution in [1.29, 1.82) is 0 Å².